The number of hydrogen-bond acceptors (Lipinski definition) is 3. The molecule has 0 saturated heterocycles. The molecule has 2 aromatic carbocycles. The van der Waals surface area contributed by atoms with Crippen LogP contribution in [0.5, 0.6) is 0 Å². The molecule has 1 atom stereocenters. The molecule has 0 saturated carbocycles. The summed E-state index contributed by atoms with van der Waals surface area (Å²) in [5.41, 5.74) is 2.49. The van der Waals surface area contributed by atoms with Crippen LogP contribution in [-0.2, 0) is 16.4 Å². The van der Waals surface area contributed by atoms with Crippen molar-refractivity contribution in [2.45, 2.75) is 23.8 Å². The summed E-state index contributed by atoms with van der Waals surface area (Å²) >= 11 is 5.96. The maximum absolute atomic E-state index is 12.4. The number of nitriles is 1. The standard InChI is InChI=1S/C16H13ClN2O2S/c17-13-4-7-15-12(9-13)3-8-16(15)19-22(20,21)14-5-1-11(10-18)2-6-14/h1-2,4-7,9,16,19H,3,8H2/t16-/m0/s1. The van der Waals surface area contributed by atoms with E-state index in [9.17, 15) is 8.42 Å². The van der Waals surface area contributed by atoms with Crippen molar-refractivity contribution in [2.75, 3.05) is 0 Å². The highest BCUT2D eigenvalue weighted by Crippen LogP contribution is 2.33. The van der Waals surface area contributed by atoms with E-state index in [1.807, 2.05) is 18.2 Å². The Kier molecular flexibility index (Phi) is 3.92. The first-order valence-electron chi connectivity index (χ1n) is 6.80. The molecule has 0 unspecified atom stereocenters. The fourth-order valence-electron chi connectivity index (χ4n) is 2.67. The van der Waals surface area contributed by atoms with E-state index in [1.54, 1.807) is 6.07 Å². The van der Waals surface area contributed by atoms with Gasteiger partial charge in [0.2, 0.25) is 10.0 Å². The van der Waals surface area contributed by atoms with Crippen molar-refractivity contribution in [3.8, 4) is 6.07 Å². The zero-order valence-corrected chi connectivity index (χ0v) is 13.2. The third kappa shape index (κ3) is 2.86. The second kappa shape index (κ2) is 5.73. The third-order valence-corrected chi connectivity index (χ3v) is 5.50. The molecule has 22 heavy (non-hydrogen) atoms. The Balaban J connectivity index is 1.86. The van der Waals surface area contributed by atoms with E-state index in [2.05, 4.69) is 4.72 Å². The van der Waals surface area contributed by atoms with E-state index in [4.69, 9.17) is 16.9 Å². The molecule has 0 fully saturated rings. The zero-order valence-electron chi connectivity index (χ0n) is 11.6. The van der Waals surface area contributed by atoms with Gasteiger partial charge in [-0.25, -0.2) is 13.1 Å². The summed E-state index contributed by atoms with van der Waals surface area (Å²) in [4.78, 5) is 0.161. The van der Waals surface area contributed by atoms with Crippen LogP contribution in [0.3, 0.4) is 0 Å². The number of benzene rings is 2. The summed E-state index contributed by atoms with van der Waals surface area (Å²) < 4.78 is 27.6. The third-order valence-electron chi connectivity index (χ3n) is 3.77. The summed E-state index contributed by atoms with van der Waals surface area (Å²) in [5, 5.41) is 9.43. The van der Waals surface area contributed by atoms with E-state index in [-0.39, 0.29) is 10.9 Å². The smallest absolute Gasteiger partial charge is 0.207 e. The highest BCUT2D eigenvalue weighted by Gasteiger charge is 2.27. The average Bonchev–Trinajstić information content (AvgIpc) is 2.89. The van der Waals surface area contributed by atoms with Crippen LogP contribution in [0, 0.1) is 11.3 Å². The minimum atomic E-state index is -3.61. The number of halogens is 1. The predicted octanol–water partition coefficient (Wildman–Crippen LogP) is 3.18. The summed E-state index contributed by atoms with van der Waals surface area (Å²) in [7, 11) is -3.61. The van der Waals surface area contributed by atoms with Gasteiger partial charge in [0.1, 0.15) is 0 Å². The summed E-state index contributed by atoms with van der Waals surface area (Å²) in [5.74, 6) is 0. The highest BCUT2D eigenvalue weighted by molar-refractivity contribution is 7.89. The molecule has 1 N–H and O–H groups in total. The molecule has 6 heteroatoms. The lowest BCUT2D eigenvalue weighted by Gasteiger charge is -2.14. The van der Waals surface area contributed by atoms with E-state index in [1.165, 1.54) is 24.3 Å². The minimum Gasteiger partial charge on any atom is -0.207 e. The molecule has 2 aromatic rings. The second-order valence-electron chi connectivity index (χ2n) is 5.19. The van der Waals surface area contributed by atoms with Crippen LogP contribution in [0.1, 0.15) is 29.2 Å². The SMILES string of the molecule is N#Cc1ccc(S(=O)(=O)N[C@H]2CCc3cc(Cl)ccc32)cc1. The van der Waals surface area contributed by atoms with Crippen LogP contribution in [-0.4, -0.2) is 8.42 Å². The Hall–Kier alpha value is -1.87. The molecular weight excluding hydrogens is 320 g/mol. The van der Waals surface area contributed by atoms with Crippen LogP contribution in [0.25, 0.3) is 0 Å². The molecule has 0 aromatic heterocycles. The van der Waals surface area contributed by atoms with Gasteiger partial charge in [0.15, 0.2) is 0 Å². The van der Waals surface area contributed by atoms with E-state index in [0.717, 1.165) is 17.5 Å². The number of nitrogens with zero attached hydrogens (tertiary/aromatic N) is 1. The number of hydrogen-bond donors (Lipinski definition) is 1. The van der Waals surface area contributed by atoms with Gasteiger partial charge >= 0.3 is 0 Å². The van der Waals surface area contributed by atoms with E-state index < -0.39 is 10.0 Å². The number of fused-ring (bicyclic) bond motifs is 1. The van der Waals surface area contributed by atoms with Gasteiger partial charge in [0, 0.05) is 11.1 Å². The topological polar surface area (TPSA) is 70.0 Å². The summed E-state index contributed by atoms with van der Waals surface area (Å²) in [6.45, 7) is 0. The maximum atomic E-state index is 12.4. The summed E-state index contributed by atoms with van der Waals surface area (Å²) in [6.07, 6.45) is 1.52. The summed E-state index contributed by atoms with van der Waals surface area (Å²) in [6, 6.07) is 13.1. The van der Waals surface area contributed by atoms with Gasteiger partial charge in [-0.05, 0) is 60.4 Å². The molecule has 0 heterocycles. The minimum absolute atomic E-state index is 0.161. The van der Waals surface area contributed by atoms with Gasteiger partial charge in [0.25, 0.3) is 0 Å². The lowest BCUT2D eigenvalue weighted by Crippen LogP contribution is -2.27. The predicted molar refractivity (Wildman–Crippen MR) is 84.0 cm³/mol. The molecule has 0 radical (unpaired) electrons. The van der Waals surface area contributed by atoms with Crippen molar-refractivity contribution in [3.63, 3.8) is 0 Å². The molecule has 112 valence electrons. The number of aryl methyl sites for hydroxylation is 1. The van der Waals surface area contributed by atoms with Gasteiger partial charge < -0.3 is 0 Å². The van der Waals surface area contributed by atoms with Crippen molar-refractivity contribution in [2.24, 2.45) is 0 Å². The Bertz CT molecular complexity index is 855. The Morgan fingerprint density at radius 2 is 1.91 bits per heavy atom. The zero-order chi connectivity index (χ0) is 15.7. The van der Waals surface area contributed by atoms with Gasteiger partial charge in [0.05, 0.1) is 16.5 Å². The lowest BCUT2D eigenvalue weighted by atomic mass is 10.1. The first-order valence-corrected chi connectivity index (χ1v) is 8.66. The molecule has 4 nitrogen and oxygen atoms in total. The molecule has 0 spiro atoms. The quantitative estimate of drug-likeness (QED) is 0.938. The number of sulfonamides is 1. The first-order chi connectivity index (χ1) is 10.5. The fourth-order valence-corrected chi connectivity index (χ4v) is 4.12. The Morgan fingerprint density at radius 1 is 1.18 bits per heavy atom. The van der Waals surface area contributed by atoms with Crippen molar-refractivity contribution in [1.82, 2.24) is 4.72 Å². The molecule has 3 rings (SSSR count). The van der Waals surface area contributed by atoms with Crippen LogP contribution >= 0.6 is 11.6 Å². The Labute approximate surface area is 134 Å². The van der Waals surface area contributed by atoms with Gasteiger partial charge in [-0.1, -0.05) is 17.7 Å². The molecule has 0 aliphatic heterocycles. The molecule has 1 aliphatic carbocycles. The van der Waals surface area contributed by atoms with E-state index in [0.29, 0.717) is 17.0 Å². The van der Waals surface area contributed by atoms with Crippen LogP contribution < -0.4 is 4.72 Å². The maximum Gasteiger partial charge on any atom is 0.241 e. The second-order valence-corrected chi connectivity index (χ2v) is 7.34. The first kappa shape index (κ1) is 15.0. The van der Waals surface area contributed by atoms with Crippen molar-refractivity contribution in [1.29, 1.82) is 5.26 Å². The number of nitrogens with one attached hydrogen (secondary N) is 1. The fraction of sp³-hybridized carbons (Fsp3) is 0.188. The Morgan fingerprint density at radius 3 is 2.59 bits per heavy atom. The van der Waals surface area contributed by atoms with Crippen LogP contribution in [0.4, 0.5) is 0 Å². The van der Waals surface area contributed by atoms with Gasteiger partial charge in [-0.3, -0.25) is 0 Å². The van der Waals surface area contributed by atoms with E-state index >= 15 is 0 Å². The largest absolute Gasteiger partial charge is 0.241 e. The average molecular weight is 333 g/mol. The van der Waals surface area contributed by atoms with Crippen molar-refractivity contribution < 1.29 is 8.42 Å². The molecular formula is C16H13ClN2O2S. The molecule has 1 aliphatic rings. The van der Waals surface area contributed by atoms with Crippen LogP contribution in [0.15, 0.2) is 47.4 Å². The van der Waals surface area contributed by atoms with Gasteiger partial charge in [-0.15, -0.1) is 0 Å². The monoisotopic (exact) mass is 332 g/mol. The lowest BCUT2D eigenvalue weighted by molar-refractivity contribution is 0.554. The van der Waals surface area contributed by atoms with Crippen molar-refractivity contribution >= 4 is 21.6 Å². The van der Waals surface area contributed by atoms with Gasteiger partial charge in [-0.2, -0.15) is 5.26 Å². The number of rotatable bonds is 3. The molecule has 0 bridgehead atoms. The highest BCUT2D eigenvalue weighted by atomic mass is 35.5. The molecule has 0 amide bonds. The van der Waals surface area contributed by atoms with Crippen molar-refractivity contribution in [3.05, 3.63) is 64.2 Å². The normalized spacial score (nSPS) is 17.0. The van der Waals surface area contributed by atoms with Crippen LogP contribution in [0.2, 0.25) is 5.02 Å².